The van der Waals surface area contributed by atoms with Crippen molar-refractivity contribution in [2.75, 3.05) is 20.6 Å². The number of carbonyl (C=O) groups is 3. The van der Waals surface area contributed by atoms with Crippen LogP contribution in [0.5, 0.6) is 0 Å². The molecule has 0 saturated heterocycles. The number of unbranched alkanes of at least 4 members (excludes halogenated alkanes) is 1. The lowest BCUT2D eigenvalue weighted by Gasteiger charge is -2.26. The SMILES string of the molecule is CNC(=O)C(CCCCN)NC(=O)[C@H](CC(C)C)NC(=O)C(NC)C(C)C. The van der Waals surface area contributed by atoms with Crippen LogP contribution in [0.25, 0.3) is 0 Å². The maximum absolute atomic E-state index is 12.8. The number of amides is 3. The number of nitrogens with one attached hydrogen (secondary N) is 4. The second-order valence-electron chi connectivity index (χ2n) is 7.66. The molecule has 3 amide bonds. The quantitative estimate of drug-likeness (QED) is 0.288. The summed E-state index contributed by atoms with van der Waals surface area (Å²) in [4.78, 5) is 37.5. The van der Waals surface area contributed by atoms with Gasteiger partial charge in [-0.1, -0.05) is 27.7 Å². The monoisotopic (exact) mass is 385 g/mol. The summed E-state index contributed by atoms with van der Waals surface area (Å²) in [6, 6.07) is -1.70. The van der Waals surface area contributed by atoms with E-state index in [9.17, 15) is 14.4 Å². The lowest BCUT2D eigenvalue weighted by atomic mass is 9.99. The van der Waals surface area contributed by atoms with Gasteiger partial charge < -0.3 is 27.0 Å². The van der Waals surface area contributed by atoms with E-state index in [0.29, 0.717) is 19.4 Å². The highest BCUT2D eigenvalue weighted by molar-refractivity contribution is 5.93. The van der Waals surface area contributed by atoms with Gasteiger partial charge in [0.1, 0.15) is 12.1 Å². The Bertz CT molecular complexity index is 468. The lowest BCUT2D eigenvalue weighted by Crippen LogP contribution is -2.56. The third kappa shape index (κ3) is 9.72. The van der Waals surface area contributed by atoms with Gasteiger partial charge in [0, 0.05) is 7.05 Å². The highest BCUT2D eigenvalue weighted by Gasteiger charge is 2.29. The normalized spacial score (nSPS) is 14.6. The summed E-state index contributed by atoms with van der Waals surface area (Å²) in [7, 11) is 3.26. The molecule has 0 aromatic carbocycles. The molecule has 27 heavy (non-hydrogen) atoms. The molecular weight excluding hydrogens is 346 g/mol. The Morgan fingerprint density at radius 1 is 0.852 bits per heavy atom. The zero-order chi connectivity index (χ0) is 21.0. The van der Waals surface area contributed by atoms with E-state index >= 15 is 0 Å². The van der Waals surface area contributed by atoms with Gasteiger partial charge >= 0.3 is 0 Å². The van der Waals surface area contributed by atoms with E-state index in [1.807, 2.05) is 27.7 Å². The van der Waals surface area contributed by atoms with E-state index < -0.39 is 12.1 Å². The molecule has 3 atom stereocenters. The topological polar surface area (TPSA) is 125 Å². The summed E-state index contributed by atoms with van der Waals surface area (Å²) in [6.45, 7) is 8.40. The highest BCUT2D eigenvalue weighted by Crippen LogP contribution is 2.09. The van der Waals surface area contributed by atoms with Crippen LogP contribution in [0.1, 0.15) is 53.4 Å². The highest BCUT2D eigenvalue weighted by atomic mass is 16.2. The van der Waals surface area contributed by atoms with Crippen LogP contribution in [-0.2, 0) is 14.4 Å². The Morgan fingerprint density at radius 2 is 1.44 bits per heavy atom. The van der Waals surface area contributed by atoms with E-state index in [1.165, 1.54) is 7.05 Å². The van der Waals surface area contributed by atoms with Crippen LogP contribution in [0.15, 0.2) is 0 Å². The fourth-order valence-electron chi connectivity index (χ4n) is 2.94. The van der Waals surface area contributed by atoms with Gasteiger partial charge in [-0.2, -0.15) is 0 Å². The first-order chi connectivity index (χ1) is 12.7. The molecule has 0 aliphatic rings. The van der Waals surface area contributed by atoms with Crippen LogP contribution < -0.4 is 27.0 Å². The van der Waals surface area contributed by atoms with Crippen molar-refractivity contribution >= 4 is 17.7 Å². The molecule has 0 spiro atoms. The third-order valence-electron chi connectivity index (χ3n) is 4.43. The zero-order valence-corrected chi connectivity index (χ0v) is 17.7. The fraction of sp³-hybridized carbons (Fsp3) is 0.842. The standard InChI is InChI=1S/C19H39N5O3/c1-12(2)11-15(24-19(27)16(21-5)13(3)4)18(26)23-14(17(25)22-6)9-7-8-10-20/h12-16,21H,7-11,20H2,1-6H3,(H,22,25)(H,23,26)(H,24,27)/t14?,15-,16?/m0/s1. The van der Waals surface area contributed by atoms with Gasteiger partial charge in [-0.3, -0.25) is 14.4 Å². The van der Waals surface area contributed by atoms with E-state index in [1.54, 1.807) is 7.05 Å². The molecule has 8 nitrogen and oxygen atoms in total. The van der Waals surface area contributed by atoms with Crippen LogP contribution in [0.4, 0.5) is 0 Å². The molecule has 0 fully saturated rings. The summed E-state index contributed by atoms with van der Waals surface area (Å²) < 4.78 is 0. The molecule has 8 heteroatoms. The molecule has 0 aromatic rings. The van der Waals surface area contributed by atoms with Gasteiger partial charge in [0.2, 0.25) is 17.7 Å². The van der Waals surface area contributed by atoms with Gasteiger partial charge in [-0.25, -0.2) is 0 Å². The van der Waals surface area contributed by atoms with Gasteiger partial charge in [0.25, 0.3) is 0 Å². The van der Waals surface area contributed by atoms with Crippen molar-refractivity contribution in [3.63, 3.8) is 0 Å². The molecule has 0 heterocycles. The third-order valence-corrected chi connectivity index (χ3v) is 4.43. The van der Waals surface area contributed by atoms with Crippen LogP contribution in [0, 0.1) is 11.8 Å². The van der Waals surface area contributed by atoms with Crippen molar-refractivity contribution in [1.82, 2.24) is 21.3 Å². The molecule has 0 aromatic heterocycles. The zero-order valence-electron chi connectivity index (χ0n) is 17.7. The summed E-state index contributed by atoms with van der Waals surface area (Å²) >= 11 is 0. The van der Waals surface area contributed by atoms with Crippen molar-refractivity contribution in [1.29, 1.82) is 0 Å². The summed E-state index contributed by atoms with van der Waals surface area (Å²) in [5.74, 6) is -0.494. The Hall–Kier alpha value is -1.67. The van der Waals surface area contributed by atoms with Gasteiger partial charge in [-0.15, -0.1) is 0 Å². The second-order valence-corrected chi connectivity index (χ2v) is 7.66. The van der Waals surface area contributed by atoms with Gasteiger partial charge in [0.15, 0.2) is 0 Å². The number of hydrogen-bond donors (Lipinski definition) is 5. The lowest BCUT2D eigenvalue weighted by molar-refractivity contribution is -0.133. The average Bonchev–Trinajstić information content (AvgIpc) is 2.59. The molecule has 0 radical (unpaired) electrons. The first-order valence-corrected chi connectivity index (χ1v) is 9.87. The van der Waals surface area contributed by atoms with Crippen molar-refractivity contribution in [2.45, 2.75) is 71.5 Å². The average molecular weight is 386 g/mol. The first-order valence-electron chi connectivity index (χ1n) is 9.87. The minimum Gasteiger partial charge on any atom is -0.357 e. The molecule has 0 rings (SSSR count). The Kier molecular flexibility index (Phi) is 12.7. The molecule has 6 N–H and O–H groups in total. The predicted octanol–water partition coefficient (Wildman–Crippen LogP) is 0.121. The van der Waals surface area contributed by atoms with Crippen LogP contribution in [-0.4, -0.2) is 56.5 Å². The minimum atomic E-state index is -0.686. The number of rotatable bonds is 13. The summed E-state index contributed by atoms with van der Waals surface area (Å²) in [6.07, 6.45) is 2.53. The van der Waals surface area contributed by atoms with E-state index in [-0.39, 0.29) is 35.6 Å². The Labute approximate surface area is 163 Å². The molecule has 0 bridgehead atoms. The fourth-order valence-corrected chi connectivity index (χ4v) is 2.94. The number of hydrogen-bond acceptors (Lipinski definition) is 5. The molecule has 158 valence electrons. The van der Waals surface area contributed by atoms with Crippen molar-refractivity contribution < 1.29 is 14.4 Å². The molecule has 0 aliphatic carbocycles. The number of carbonyl (C=O) groups excluding carboxylic acids is 3. The minimum absolute atomic E-state index is 0.0904. The van der Waals surface area contributed by atoms with E-state index in [2.05, 4.69) is 21.3 Å². The Morgan fingerprint density at radius 3 is 1.89 bits per heavy atom. The summed E-state index contributed by atoms with van der Waals surface area (Å²) in [5.41, 5.74) is 5.51. The van der Waals surface area contributed by atoms with Crippen molar-refractivity contribution in [3.05, 3.63) is 0 Å². The van der Waals surface area contributed by atoms with Gasteiger partial charge in [0.05, 0.1) is 6.04 Å². The van der Waals surface area contributed by atoms with Crippen LogP contribution in [0.3, 0.4) is 0 Å². The largest absolute Gasteiger partial charge is 0.357 e. The van der Waals surface area contributed by atoms with Crippen LogP contribution >= 0.6 is 0 Å². The van der Waals surface area contributed by atoms with Crippen LogP contribution in [0.2, 0.25) is 0 Å². The summed E-state index contributed by atoms with van der Waals surface area (Å²) in [5, 5.41) is 11.2. The molecular formula is C19H39N5O3. The second kappa shape index (κ2) is 13.5. The molecule has 0 saturated carbocycles. The van der Waals surface area contributed by atoms with E-state index in [4.69, 9.17) is 5.73 Å². The smallest absolute Gasteiger partial charge is 0.243 e. The number of nitrogens with two attached hydrogens (primary N) is 1. The van der Waals surface area contributed by atoms with Crippen molar-refractivity contribution in [3.8, 4) is 0 Å². The predicted molar refractivity (Wildman–Crippen MR) is 108 cm³/mol. The maximum Gasteiger partial charge on any atom is 0.243 e. The first kappa shape index (κ1) is 25.3. The maximum atomic E-state index is 12.8. The van der Waals surface area contributed by atoms with Gasteiger partial charge in [-0.05, 0) is 51.1 Å². The molecule has 0 aliphatic heterocycles. The molecule has 2 unspecified atom stereocenters. The van der Waals surface area contributed by atoms with E-state index in [0.717, 1.165) is 12.8 Å². The van der Waals surface area contributed by atoms with Crippen molar-refractivity contribution in [2.24, 2.45) is 17.6 Å². The Balaban J connectivity index is 5.15. The number of likely N-dealkylation sites (N-methyl/N-ethyl adjacent to an activating group) is 2.